The highest BCUT2D eigenvalue weighted by Crippen LogP contribution is 2.62. The molecule has 1 heteroatoms. The maximum absolute atomic E-state index is 2.57. The molecule has 11 aromatic carbocycles. The molecular formula is C71H51N. The van der Waals surface area contributed by atoms with Gasteiger partial charge in [-0.1, -0.05) is 243 Å². The highest BCUT2D eigenvalue weighted by atomic mass is 15.1. The summed E-state index contributed by atoms with van der Waals surface area (Å²) in [5.41, 5.74) is 25.3. The summed E-state index contributed by atoms with van der Waals surface area (Å²) in [6.07, 6.45) is 0. The van der Waals surface area contributed by atoms with Gasteiger partial charge in [0.25, 0.3) is 0 Å². The van der Waals surface area contributed by atoms with Crippen LogP contribution in [0.2, 0.25) is 0 Å². The largest absolute Gasteiger partial charge is 0.309 e. The number of nitrogens with zero attached hydrogens (tertiary/aromatic N) is 1. The number of hydrogen-bond donors (Lipinski definition) is 0. The minimum Gasteiger partial charge on any atom is -0.309 e. The zero-order chi connectivity index (χ0) is 48.0. The zero-order valence-corrected chi connectivity index (χ0v) is 40.4. The number of rotatable bonds is 8. The molecule has 2 atom stereocenters. The van der Waals surface area contributed by atoms with Crippen LogP contribution in [-0.2, 0) is 16.2 Å². The Morgan fingerprint density at radius 3 is 1.22 bits per heavy atom. The Morgan fingerprint density at radius 1 is 0.264 bits per heavy atom. The summed E-state index contributed by atoms with van der Waals surface area (Å²) in [4.78, 5) is 2.57. The Kier molecular flexibility index (Phi) is 9.44. The summed E-state index contributed by atoms with van der Waals surface area (Å²) in [5, 5.41) is 0. The lowest BCUT2D eigenvalue weighted by Crippen LogP contribution is -2.28. The van der Waals surface area contributed by atoms with Crippen LogP contribution in [0.15, 0.2) is 273 Å². The Labute approximate surface area is 423 Å². The Hall–Kier alpha value is -8.78. The average molecular weight is 918 g/mol. The molecule has 0 spiro atoms. The predicted octanol–water partition coefficient (Wildman–Crippen LogP) is 17.9. The molecule has 0 saturated heterocycles. The molecule has 0 aromatic heterocycles. The lowest BCUT2D eigenvalue weighted by molar-refractivity contribution is 0.714. The van der Waals surface area contributed by atoms with E-state index in [9.17, 15) is 0 Å². The van der Waals surface area contributed by atoms with E-state index in [-0.39, 0.29) is 10.8 Å². The molecule has 0 radical (unpaired) electrons. The van der Waals surface area contributed by atoms with Crippen LogP contribution in [0.1, 0.15) is 69.5 Å². The smallest absolute Gasteiger partial charge is 0.0714 e. The van der Waals surface area contributed by atoms with Crippen LogP contribution in [0, 0.1) is 0 Å². The average Bonchev–Trinajstić information content (AvgIpc) is 4.02. The van der Waals surface area contributed by atoms with Crippen molar-refractivity contribution in [3.63, 3.8) is 0 Å². The van der Waals surface area contributed by atoms with Gasteiger partial charge in [0.15, 0.2) is 0 Å². The third kappa shape index (κ3) is 5.83. The quantitative estimate of drug-likeness (QED) is 0.147. The second kappa shape index (κ2) is 16.1. The van der Waals surface area contributed by atoms with Crippen molar-refractivity contribution in [3.05, 3.63) is 329 Å². The third-order valence-electron chi connectivity index (χ3n) is 16.7. The molecular weight excluding hydrogens is 867 g/mol. The Balaban J connectivity index is 1.00. The van der Waals surface area contributed by atoms with E-state index in [0.717, 1.165) is 17.1 Å². The molecule has 2 unspecified atom stereocenters. The monoisotopic (exact) mass is 917 g/mol. The summed E-state index contributed by atoms with van der Waals surface area (Å²) in [6, 6.07) is 102. The van der Waals surface area contributed by atoms with Crippen LogP contribution >= 0.6 is 0 Å². The van der Waals surface area contributed by atoms with Gasteiger partial charge < -0.3 is 4.90 Å². The normalized spacial score (nSPS) is 17.2. The molecule has 0 amide bonds. The molecule has 0 heterocycles. The highest BCUT2D eigenvalue weighted by Gasteiger charge is 2.48. The summed E-state index contributed by atoms with van der Waals surface area (Å²) in [6.45, 7) is 4.82. The molecule has 0 saturated carbocycles. The lowest BCUT2D eigenvalue weighted by atomic mass is 9.68. The van der Waals surface area contributed by atoms with Crippen molar-refractivity contribution < 1.29 is 0 Å². The summed E-state index contributed by atoms with van der Waals surface area (Å²) in [7, 11) is 0. The summed E-state index contributed by atoms with van der Waals surface area (Å²) < 4.78 is 0. The first-order valence-electron chi connectivity index (χ1n) is 25.3. The van der Waals surface area contributed by atoms with Gasteiger partial charge in [-0.25, -0.2) is 0 Å². The number of anilines is 3. The SMILES string of the molecule is CC1(c2ccccc2)c2ccccc2-c2ccc(-c3ccc(N(c4cccc5c4-c4ccccc4C5(C)c4ccccc4)c4cccc5c4-c4ccccc4C5(c4ccccc4)c4ccccc4)cc3)cc21. The van der Waals surface area contributed by atoms with Crippen molar-refractivity contribution in [3.8, 4) is 44.5 Å². The lowest BCUT2D eigenvalue weighted by Gasteiger charge is -2.35. The van der Waals surface area contributed by atoms with Crippen molar-refractivity contribution in [2.24, 2.45) is 0 Å². The molecule has 3 aliphatic rings. The van der Waals surface area contributed by atoms with Gasteiger partial charge in [-0.05, 0) is 133 Å². The van der Waals surface area contributed by atoms with Crippen molar-refractivity contribution in [2.45, 2.75) is 30.1 Å². The summed E-state index contributed by atoms with van der Waals surface area (Å²) >= 11 is 0. The first-order chi connectivity index (χ1) is 35.5. The van der Waals surface area contributed by atoms with E-state index < -0.39 is 5.41 Å². The van der Waals surface area contributed by atoms with E-state index in [4.69, 9.17) is 0 Å². The fourth-order valence-electron chi connectivity index (χ4n) is 13.4. The van der Waals surface area contributed by atoms with E-state index >= 15 is 0 Å². The van der Waals surface area contributed by atoms with Crippen molar-refractivity contribution in [1.29, 1.82) is 0 Å². The van der Waals surface area contributed by atoms with Crippen LogP contribution in [-0.4, -0.2) is 0 Å². The maximum Gasteiger partial charge on any atom is 0.0714 e. The van der Waals surface area contributed by atoms with Gasteiger partial charge in [-0.15, -0.1) is 0 Å². The molecule has 14 rings (SSSR count). The van der Waals surface area contributed by atoms with E-state index in [1.807, 2.05) is 0 Å². The van der Waals surface area contributed by atoms with Gasteiger partial charge in [-0.2, -0.15) is 0 Å². The second-order valence-electron chi connectivity index (χ2n) is 20.1. The van der Waals surface area contributed by atoms with Crippen molar-refractivity contribution in [2.75, 3.05) is 4.90 Å². The fourth-order valence-corrected chi connectivity index (χ4v) is 13.4. The van der Waals surface area contributed by atoms with Gasteiger partial charge >= 0.3 is 0 Å². The van der Waals surface area contributed by atoms with Gasteiger partial charge in [0.1, 0.15) is 0 Å². The van der Waals surface area contributed by atoms with E-state index in [2.05, 4.69) is 292 Å². The minimum atomic E-state index is -0.543. The topological polar surface area (TPSA) is 3.24 Å². The third-order valence-corrected chi connectivity index (χ3v) is 16.7. The van der Waals surface area contributed by atoms with E-state index in [1.54, 1.807) is 0 Å². The van der Waals surface area contributed by atoms with Crippen molar-refractivity contribution in [1.82, 2.24) is 0 Å². The van der Waals surface area contributed by atoms with Gasteiger partial charge in [-0.3, -0.25) is 0 Å². The number of fused-ring (bicyclic) bond motifs is 9. The highest BCUT2D eigenvalue weighted by molar-refractivity contribution is 6.02. The van der Waals surface area contributed by atoms with Crippen LogP contribution < -0.4 is 4.90 Å². The predicted molar refractivity (Wildman–Crippen MR) is 299 cm³/mol. The van der Waals surface area contributed by atoms with Gasteiger partial charge in [0, 0.05) is 27.6 Å². The molecule has 1 nitrogen and oxygen atoms in total. The molecule has 340 valence electrons. The molecule has 0 fully saturated rings. The standard InChI is InChI=1S/C71H51N/c1-69(50-23-7-3-8-24-50)60-35-19-16-32-57(60)67-62(69)37-21-39-65(67)72(66-40-22-38-63-68(66)58-33-17-20-36-61(58)71(63,52-27-11-5-12-28-52)53-29-13-6-14-30-53)54-44-41-48(42-45-54)49-43-46-56-55-31-15-18-34-59(55)70(2,64(56)47-49)51-25-9-4-10-26-51/h3-47H,1-2H3. The molecule has 0 bridgehead atoms. The molecule has 3 aliphatic carbocycles. The van der Waals surface area contributed by atoms with Crippen LogP contribution in [0.4, 0.5) is 17.1 Å². The zero-order valence-electron chi connectivity index (χ0n) is 40.4. The van der Waals surface area contributed by atoms with E-state index in [0.29, 0.717) is 0 Å². The molecule has 11 aromatic rings. The van der Waals surface area contributed by atoms with Gasteiger partial charge in [0.2, 0.25) is 0 Å². The maximum atomic E-state index is 2.57. The van der Waals surface area contributed by atoms with E-state index in [1.165, 1.54) is 100 Å². The Morgan fingerprint density at radius 2 is 0.653 bits per heavy atom. The van der Waals surface area contributed by atoms with Crippen molar-refractivity contribution >= 4 is 17.1 Å². The molecule has 0 aliphatic heterocycles. The number of hydrogen-bond acceptors (Lipinski definition) is 1. The first-order valence-corrected chi connectivity index (χ1v) is 25.3. The minimum absolute atomic E-state index is 0.281. The van der Waals surface area contributed by atoms with Crippen LogP contribution in [0.5, 0.6) is 0 Å². The van der Waals surface area contributed by atoms with Crippen LogP contribution in [0.3, 0.4) is 0 Å². The van der Waals surface area contributed by atoms with Crippen LogP contribution in [0.25, 0.3) is 44.5 Å². The second-order valence-corrected chi connectivity index (χ2v) is 20.1. The van der Waals surface area contributed by atoms with Gasteiger partial charge in [0.05, 0.1) is 16.8 Å². The fraction of sp³-hybridized carbons (Fsp3) is 0.0704. The number of benzene rings is 11. The first kappa shape index (κ1) is 42.1. The molecule has 0 N–H and O–H groups in total. The molecule has 72 heavy (non-hydrogen) atoms. The summed E-state index contributed by atoms with van der Waals surface area (Å²) in [5.74, 6) is 0. The Bertz CT molecular complexity index is 3840.